The first-order chi connectivity index (χ1) is 34.7. The van der Waals surface area contributed by atoms with Gasteiger partial charge in [0.1, 0.15) is 11.2 Å². The third-order valence-electron chi connectivity index (χ3n) is 13.9. The molecule has 0 saturated heterocycles. The predicted molar refractivity (Wildman–Crippen MR) is 296 cm³/mol. The molecule has 0 atom stereocenters. The monoisotopic (exact) mass is 891 g/mol. The lowest BCUT2D eigenvalue weighted by Gasteiger charge is -2.27. The molecule has 0 amide bonds. The van der Waals surface area contributed by atoms with Crippen LogP contribution >= 0.6 is 0 Å². The van der Waals surface area contributed by atoms with Crippen molar-refractivity contribution in [1.29, 1.82) is 0 Å². The van der Waals surface area contributed by atoms with Crippen LogP contribution in [0.5, 0.6) is 0 Å². The van der Waals surface area contributed by atoms with Gasteiger partial charge in [0.25, 0.3) is 0 Å². The molecule has 0 fully saturated rings. The Morgan fingerprint density at radius 3 is 1.31 bits per heavy atom. The first kappa shape index (κ1) is 41.0. The third-order valence-corrected chi connectivity index (χ3v) is 13.9. The van der Waals surface area contributed by atoms with Crippen molar-refractivity contribution >= 4 is 60.5 Å². The molecule has 2 heteroatoms. The van der Waals surface area contributed by atoms with Gasteiger partial charge in [0.15, 0.2) is 0 Å². The summed E-state index contributed by atoms with van der Waals surface area (Å²) >= 11 is 0. The molecule has 1 aromatic heterocycles. The maximum Gasteiger partial charge on any atom is 0.145 e. The van der Waals surface area contributed by atoms with E-state index in [0.29, 0.717) is 0 Å². The van der Waals surface area contributed by atoms with Gasteiger partial charge < -0.3 is 9.32 Å². The molecule has 0 radical (unpaired) electrons. The number of fused-ring (bicyclic) bond motifs is 5. The molecule has 0 unspecified atom stereocenters. The highest BCUT2D eigenvalue weighted by Gasteiger charge is 2.23. The van der Waals surface area contributed by atoms with Crippen molar-refractivity contribution in [2.24, 2.45) is 0 Å². The number of hydrogen-bond acceptors (Lipinski definition) is 2. The smallest absolute Gasteiger partial charge is 0.145 e. The molecule has 2 nitrogen and oxygen atoms in total. The molecule has 0 bridgehead atoms. The number of hydrogen-bond donors (Lipinski definition) is 0. The Balaban J connectivity index is 0.926. The lowest BCUT2D eigenvalue weighted by Crippen LogP contribution is -2.10. The summed E-state index contributed by atoms with van der Waals surface area (Å²) in [5, 5.41) is 7.15. The first-order valence-electron chi connectivity index (χ1n) is 24.0. The fourth-order valence-electron chi connectivity index (χ4n) is 10.6. The molecular formula is C68H45NO. The zero-order chi connectivity index (χ0) is 46.4. The Labute approximate surface area is 407 Å². The van der Waals surface area contributed by atoms with E-state index in [9.17, 15) is 0 Å². The van der Waals surface area contributed by atoms with Crippen molar-refractivity contribution in [1.82, 2.24) is 0 Å². The fourth-order valence-corrected chi connectivity index (χ4v) is 10.6. The van der Waals surface area contributed by atoms with Crippen LogP contribution in [0.25, 0.3) is 110 Å². The molecule has 0 spiro atoms. The highest BCUT2D eigenvalue weighted by Crippen LogP contribution is 2.47. The molecule has 0 saturated carbocycles. The van der Waals surface area contributed by atoms with E-state index in [2.05, 4.69) is 278 Å². The Morgan fingerprint density at radius 2 is 0.657 bits per heavy atom. The summed E-state index contributed by atoms with van der Waals surface area (Å²) in [6.45, 7) is 0. The average Bonchev–Trinajstić information content (AvgIpc) is 3.84. The van der Waals surface area contributed by atoms with Crippen LogP contribution < -0.4 is 4.90 Å². The number of anilines is 3. The van der Waals surface area contributed by atoms with Gasteiger partial charge in [0.05, 0.1) is 11.1 Å². The van der Waals surface area contributed by atoms with Crippen LogP contribution in [0.2, 0.25) is 0 Å². The second-order valence-electron chi connectivity index (χ2n) is 18.0. The molecule has 13 rings (SSSR count). The van der Waals surface area contributed by atoms with E-state index in [1.807, 2.05) is 0 Å². The van der Waals surface area contributed by atoms with Crippen LogP contribution in [0.3, 0.4) is 0 Å². The van der Waals surface area contributed by atoms with Crippen LogP contribution in [0.4, 0.5) is 17.1 Å². The van der Waals surface area contributed by atoms with Gasteiger partial charge in [0.2, 0.25) is 0 Å². The number of rotatable bonds is 9. The summed E-state index contributed by atoms with van der Waals surface area (Å²) < 4.78 is 6.81. The van der Waals surface area contributed by atoms with Gasteiger partial charge in [-0.2, -0.15) is 0 Å². The largest absolute Gasteiger partial charge is 0.455 e. The van der Waals surface area contributed by atoms with Crippen molar-refractivity contribution in [3.63, 3.8) is 0 Å². The van der Waals surface area contributed by atoms with E-state index in [1.165, 1.54) is 66.1 Å². The zero-order valence-electron chi connectivity index (χ0n) is 38.3. The minimum absolute atomic E-state index is 0.861. The molecule has 1 heterocycles. The molecular weight excluding hydrogens is 847 g/mol. The van der Waals surface area contributed by atoms with Crippen molar-refractivity contribution in [3.05, 3.63) is 273 Å². The molecule has 0 N–H and O–H groups in total. The Morgan fingerprint density at radius 1 is 0.243 bits per heavy atom. The molecule has 13 aromatic rings. The lowest BCUT2D eigenvalue weighted by atomic mass is 9.88. The molecule has 328 valence electrons. The minimum Gasteiger partial charge on any atom is -0.455 e. The second kappa shape index (κ2) is 17.4. The SMILES string of the molecule is c1ccc(-c2ccc(N(c3ccc(-c4ccc(-c5cccc6ccccc56)cc4)cc3)c3ccc(-c4ccccc4-c4ccccc4-c4cccc5ccccc45)cc3)c3c2oc2ccccc23)cc1. The highest BCUT2D eigenvalue weighted by molar-refractivity contribution is 6.17. The Hall–Kier alpha value is -9.24. The van der Waals surface area contributed by atoms with E-state index in [1.54, 1.807) is 0 Å². The Kier molecular flexibility index (Phi) is 10.2. The predicted octanol–water partition coefficient (Wildman–Crippen LogP) is 19.4. The normalized spacial score (nSPS) is 11.4. The van der Waals surface area contributed by atoms with E-state index in [4.69, 9.17) is 4.42 Å². The standard InChI is InChI=1S/C68H45NO/c1-2-16-50(17-3-1)59-44-45-65(67-64-28-12-13-31-66(64)70-68(59)67)69(53-40-36-47(37-41-53)46-32-34-51(35-33-46)56-29-14-20-48-18-4-6-22-55(48)56)54-42-38-52(39-43-54)58-24-8-9-25-60(58)62-26-10-11-27-63(62)61-30-15-21-49-19-5-7-23-57(49)61/h1-45H. The van der Waals surface area contributed by atoms with E-state index >= 15 is 0 Å². The van der Waals surface area contributed by atoms with Gasteiger partial charge in [-0.3, -0.25) is 0 Å². The Bertz CT molecular complexity index is 4020. The van der Waals surface area contributed by atoms with Gasteiger partial charge in [-0.25, -0.2) is 0 Å². The van der Waals surface area contributed by atoms with E-state index in [-0.39, 0.29) is 0 Å². The number of benzene rings is 12. The van der Waals surface area contributed by atoms with Gasteiger partial charge in [-0.1, -0.05) is 231 Å². The molecule has 12 aromatic carbocycles. The van der Waals surface area contributed by atoms with Crippen LogP contribution in [-0.4, -0.2) is 0 Å². The van der Waals surface area contributed by atoms with Gasteiger partial charge in [0, 0.05) is 22.3 Å². The first-order valence-corrected chi connectivity index (χ1v) is 24.0. The van der Waals surface area contributed by atoms with Gasteiger partial charge >= 0.3 is 0 Å². The second-order valence-corrected chi connectivity index (χ2v) is 18.0. The van der Waals surface area contributed by atoms with Crippen LogP contribution in [0.15, 0.2) is 277 Å². The van der Waals surface area contributed by atoms with E-state index < -0.39 is 0 Å². The molecule has 0 aliphatic heterocycles. The number of furan rings is 1. The van der Waals surface area contributed by atoms with Crippen LogP contribution in [0, 0.1) is 0 Å². The van der Waals surface area contributed by atoms with Gasteiger partial charge in [-0.15, -0.1) is 0 Å². The summed E-state index contributed by atoms with van der Waals surface area (Å²) in [4.78, 5) is 2.39. The maximum absolute atomic E-state index is 6.81. The lowest BCUT2D eigenvalue weighted by molar-refractivity contribution is 0.670. The summed E-state index contributed by atoms with van der Waals surface area (Å²) in [5.74, 6) is 0. The fraction of sp³-hybridized carbons (Fsp3) is 0. The summed E-state index contributed by atoms with van der Waals surface area (Å²) in [6, 6.07) is 98.5. The quantitative estimate of drug-likeness (QED) is 0.144. The summed E-state index contributed by atoms with van der Waals surface area (Å²) in [5.41, 5.74) is 19.0. The summed E-state index contributed by atoms with van der Waals surface area (Å²) in [6.07, 6.45) is 0. The summed E-state index contributed by atoms with van der Waals surface area (Å²) in [7, 11) is 0. The number of nitrogens with zero attached hydrogens (tertiary/aromatic N) is 1. The van der Waals surface area contributed by atoms with Crippen molar-refractivity contribution in [2.45, 2.75) is 0 Å². The van der Waals surface area contributed by atoms with Crippen LogP contribution in [0.1, 0.15) is 0 Å². The average molecular weight is 892 g/mol. The van der Waals surface area contributed by atoms with Crippen LogP contribution in [-0.2, 0) is 0 Å². The van der Waals surface area contributed by atoms with Crippen molar-refractivity contribution < 1.29 is 4.42 Å². The molecule has 0 aliphatic rings. The molecule has 70 heavy (non-hydrogen) atoms. The zero-order valence-corrected chi connectivity index (χ0v) is 38.3. The minimum atomic E-state index is 0.861. The van der Waals surface area contributed by atoms with Crippen molar-refractivity contribution in [2.75, 3.05) is 4.90 Å². The van der Waals surface area contributed by atoms with E-state index in [0.717, 1.165) is 61.3 Å². The maximum atomic E-state index is 6.81. The highest BCUT2D eigenvalue weighted by atomic mass is 16.3. The molecule has 0 aliphatic carbocycles. The number of para-hydroxylation sites is 1. The van der Waals surface area contributed by atoms with Crippen molar-refractivity contribution in [3.8, 4) is 66.8 Å². The van der Waals surface area contributed by atoms with Gasteiger partial charge in [-0.05, 0) is 125 Å². The third kappa shape index (κ3) is 7.22. The topological polar surface area (TPSA) is 16.4 Å².